The van der Waals surface area contributed by atoms with Crippen molar-refractivity contribution in [1.82, 2.24) is 14.9 Å². The molecule has 1 aromatic carbocycles. The van der Waals surface area contributed by atoms with Crippen LogP contribution in [-0.2, 0) is 10.0 Å². The number of ether oxygens (including phenoxy) is 1. The summed E-state index contributed by atoms with van der Waals surface area (Å²) in [6, 6.07) is 9.30. The maximum Gasteiger partial charge on any atom is 0.511 e. The predicted molar refractivity (Wildman–Crippen MR) is 101 cm³/mol. The monoisotopic (exact) mass is 422 g/mol. The Balaban J connectivity index is 1.68. The topological polar surface area (TPSA) is 83.0 Å². The fourth-order valence-electron chi connectivity index (χ4n) is 2.76. The molecule has 0 aromatic heterocycles. The number of para-hydroxylation sites is 1. The first kappa shape index (κ1) is 22.3. The smallest absolute Gasteiger partial charge is 0.494 e. The van der Waals surface area contributed by atoms with Gasteiger partial charge < -0.3 is 15.4 Å². The molecule has 0 radical (unpaired) electrons. The van der Waals surface area contributed by atoms with Crippen molar-refractivity contribution in [3.8, 4) is 5.75 Å². The highest BCUT2D eigenvalue weighted by atomic mass is 32.2. The van der Waals surface area contributed by atoms with E-state index in [2.05, 4.69) is 15.6 Å². The van der Waals surface area contributed by atoms with Crippen LogP contribution in [0.4, 0.5) is 13.2 Å². The molecule has 0 aliphatic carbocycles. The fourth-order valence-corrected chi connectivity index (χ4v) is 3.74. The van der Waals surface area contributed by atoms with Crippen molar-refractivity contribution in [2.75, 3.05) is 33.3 Å². The third kappa shape index (κ3) is 6.26. The Hall–Kier alpha value is -2.01. The van der Waals surface area contributed by atoms with Crippen LogP contribution >= 0.6 is 0 Å². The summed E-state index contributed by atoms with van der Waals surface area (Å²) in [4.78, 5) is 4.09. The molecular weight excluding hydrogens is 397 g/mol. The third-order valence-corrected chi connectivity index (χ3v) is 5.91. The van der Waals surface area contributed by atoms with Crippen LogP contribution in [0.15, 0.2) is 35.3 Å². The number of nitrogens with zero attached hydrogens (tertiary/aromatic N) is 2. The molecule has 2 rings (SSSR count). The molecule has 0 saturated carbocycles. The van der Waals surface area contributed by atoms with Gasteiger partial charge in [0.25, 0.3) is 0 Å². The summed E-state index contributed by atoms with van der Waals surface area (Å²) in [5.74, 6) is 1.32. The molecule has 1 fully saturated rings. The van der Waals surface area contributed by atoms with Crippen molar-refractivity contribution in [2.24, 2.45) is 4.99 Å². The van der Waals surface area contributed by atoms with E-state index in [1.54, 1.807) is 7.05 Å². The predicted octanol–water partition coefficient (Wildman–Crippen LogP) is 1.93. The number of guanidine groups is 1. The number of benzene rings is 1. The van der Waals surface area contributed by atoms with E-state index in [4.69, 9.17) is 4.74 Å². The van der Waals surface area contributed by atoms with Crippen molar-refractivity contribution in [1.29, 1.82) is 0 Å². The second kappa shape index (κ2) is 9.97. The van der Waals surface area contributed by atoms with E-state index in [-0.39, 0.29) is 32.0 Å². The first-order chi connectivity index (χ1) is 13.2. The molecule has 0 bridgehead atoms. The Morgan fingerprint density at radius 2 is 1.89 bits per heavy atom. The Morgan fingerprint density at radius 1 is 1.25 bits per heavy atom. The summed E-state index contributed by atoms with van der Waals surface area (Å²) in [5.41, 5.74) is -5.26. The van der Waals surface area contributed by atoms with Crippen LogP contribution < -0.4 is 15.4 Å². The molecule has 7 nitrogen and oxygen atoms in total. The highest BCUT2D eigenvalue weighted by Crippen LogP contribution is 2.28. The van der Waals surface area contributed by atoms with Crippen LogP contribution in [-0.4, -0.2) is 63.5 Å². The number of halogens is 3. The van der Waals surface area contributed by atoms with Gasteiger partial charge in [0.1, 0.15) is 5.75 Å². The van der Waals surface area contributed by atoms with Crippen LogP contribution in [0.1, 0.15) is 19.3 Å². The van der Waals surface area contributed by atoms with Crippen molar-refractivity contribution < 1.29 is 26.3 Å². The first-order valence-corrected chi connectivity index (χ1v) is 10.4. The minimum atomic E-state index is -5.26. The van der Waals surface area contributed by atoms with Gasteiger partial charge in [-0.2, -0.15) is 17.5 Å². The number of aliphatic imine (C=N–C) groups is 1. The lowest BCUT2D eigenvalue weighted by molar-refractivity contribution is -0.0494. The SMILES string of the molecule is CN=C(NCCCOc1ccccc1)NC1CCN(S(=O)(=O)C(F)(F)F)CC1. The largest absolute Gasteiger partial charge is 0.511 e. The number of rotatable bonds is 7. The van der Waals surface area contributed by atoms with E-state index in [0.717, 1.165) is 12.2 Å². The zero-order valence-corrected chi connectivity index (χ0v) is 16.4. The Kier molecular flexibility index (Phi) is 7.93. The molecule has 0 atom stereocenters. The molecule has 2 N–H and O–H groups in total. The maximum absolute atomic E-state index is 12.6. The van der Waals surface area contributed by atoms with Crippen LogP contribution in [0.25, 0.3) is 0 Å². The molecule has 11 heteroatoms. The van der Waals surface area contributed by atoms with Crippen molar-refractivity contribution in [3.63, 3.8) is 0 Å². The highest BCUT2D eigenvalue weighted by molar-refractivity contribution is 7.90. The minimum Gasteiger partial charge on any atom is -0.494 e. The van der Waals surface area contributed by atoms with Crippen LogP contribution in [0.2, 0.25) is 0 Å². The van der Waals surface area contributed by atoms with Gasteiger partial charge in [-0.15, -0.1) is 0 Å². The number of hydrogen-bond donors (Lipinski definition) is 2. The van der Waals surface area contributed by atoms with Gasteiger partial charge in [0, 0.05) is 32.7 Å². The van der Waals surface area contributed by atoms with Gasteiger partial charge in [-0.05, 0) is 31.4 Å². The fraction of sp³-hybridized carbons (Fsp3) is 0.588. The van der Waals surface area contributed by atoms with E-state index < -0.39 is 15.5 Å². The number of sulfonamides is 1. The van der Waals surface area contributed by atoms with E-state index in [0.29, 0.717) is 23.4 Å². The summed E-state index contributed by atoms with van der Waals surface area (Å²) in [6.07, 6.45) is 1.28. The molecule has 28 heavy (non-hydrogen) atoms. The van der Waals surface area contributed by atoms with Crippen LogP contribution in [0.3, 0.4) is 0 Å². The van der Waals surface area contributed by atoms with E-state index in [1.165, 1.54) is 0 Å². The number of alkyl halides is 3. The lowest BCUT2D eigenvalue weighted by Crippen LogP contribution is -2.51. The van der Waals surface area contributed by atoms with Gasteiger partial charge in [-0.3, -0.25) is 4.99 Å². The number of nitrogens with one attached hydrogen (secondary N) is 2. The van der Waals surface area contributed by atoms with Crippen molar-refractivity contribution in [2.45, 2.75) is 30.8 Å². The van der Waals surface area contributed by atoms with E-state index >= 15 is 0 Å². The van der Waals surface area contributed by atoms with Gasteiger partial charge >= 0.3 is 15.5 Å². The summed E-state index contributed by atoms with van der Waals surface area (Å²) in [5, 5.41) is 6.24. The van der Waals surface area contributed by atoms with Gasteiger partial charge in [0.05, 0.1) is 6.61 Å². The summed E-state index contributed by atoms with van der Waals surface area (Å²) in [7, 11) is -3.66. The lowest BCUT2D eigenvalue weighted by Gasteiger charge is -2.32. The minimum absolute atomic E-state index is 0.147. The normalized spacial score (nSPS) is 17.4. The first-order valence-electron chi connectivity index (χ1n) is 8.95. The van der Waals surface area contributed by atoms with Crippen molar-refractivity contribution in [3.05, 3.63) is 30.3 Å². The summed E-state index contributed by atoms with van der Waals surface area (Å²) in [6.45, 7) is 0.776. The van der Waals surface area contributed by atoms with Gasteiger partial charge in [0.15, 0.2) is 5.96 Å². The van der Waals surface area contributed by atoms with Gasteiger partial charge in [0.2, 0.25) is 0 Å². The van der Waals surface area contributed by atoms with E-state index in [1.807, 2.05) is 30.3 Å². The lowest BCUT2D eigenvalue weighted by atomic mass is 10.1. The van der Waals surface area contributed by atoms with Crippen LogP contribution in [0.5, 0.6) is 5.75 Å². The van der Waals surface area contributed by atoms with Gasteiger partial charge in [-0.25, -0.2) is 8.42 Å². The molecule has 0 spiro atoms. The molecule has 1 aromatic rings. The summed E-state index contributed by atoms with van der Waals surface area (Å²) >= 11 is 0. The second-order valence-corrected chi connectivity index (χ2v) is 8.21. The standard InChI is InChI=1S/C17H25F3N4O3S/c1-21-16(22-10-5-13-27-15-6-3-2-4-7-15)23-14-8-11-24(12-9-14)28(25,26)17(18,19)20/h2-4,6-7,14H,5,8-13H2,1H3,(H2,21,22,23). The molecule has 1 aliphatic rings. The zero-order valence-electron chi connectivity index (χ0n) is 15.6. The molecule has 1 heterocycles. The highest BCUT2D eigenvalue weighted by Gasteiger charge is 2.50. The molecule has 158 valence electrons. The third-order valence-electron chi connectivity index (χ3n) is 4.28. The quantitative estimate of drug-likeness (QED) is 0.399. The molecule has 1 saturated heterocycles. The average molecular weight is 422 g/mol. The van der Waals surface area contributed by atoms with Crippen LogP contribution in [0, 0.1) is 0 Å². The maximum atomic E-state index is 12.6. The van der Waals surface area contributed by atoms with Crippen molar-refractivity contribution >= 4 is 16.0 Å². The Labute approximate surface area is 163 Å². The number of piperidine rings is 1. The van der Waals surface area contributed by atoms with E-state index in [9.17, 15) is 21.6 Å². The van der Waals surface area contributed by atoms with Gasteiger partial charge in [-0.1, -0.05) is 18.2 Å². The molecule has 0 amide bonds. The number of hydrogen-bond acceptors (Lipinski definition) is 4. The second-order valence-electron chi connectivity index (χ2n) is 6.28. The molecular formula is C17H25F3N4O3S. The average Bonchev–Trinajstić information content (AvgIpc) is 2.67. The Bertz CT molecular complexity index is 734. The zero-order chi connectivity index (χ0) is 20.6. The Morgan fingerprint density at radius 3 is 2.46 bits per heavy atom. The summed E-state index contributed by atoms with van der Waals surface area (Å²) < 4.78 is 66.8. The molecule has 1 aliphatic heterocycles. The molecule has 0 unspecified atom stereocenters.